The Morgan fingerprint density at radius 3 is 2.89 bits per heavy atom. The highest BCUT2D eigenvalue weighted by Gasteiger charge is 2.13. The summed E-state index contributed by atoms with van der Waals surface area (Å²) in [5.41, 5.74) is 2.01. The van der Waals surface area contributed by atoms with Crippen molar-refractivity contribution in [1.29, 1.82) is 0 Å². The first kappa shape index (κ1) is 13.3. The Labute approximate surface area is 116 Å². The Bertz CT molecular complexity index is 542. The molecule has 0 aliphatic heterocycles. The van der Waals surface area contributed by atoms with Gasteiger partial charge in [0.25, 0.3) is 0 Å². The molecule has 5 heteroatoms. The van der Waals surface area contributed by atoms with Crippen LogP contribution in [0.15, 0.2) is 23.6 Å². The third-order valence-electron chi connectivity index (χ3n) is 2.79. The van der Waals surface area contributed by atoms with Crippen LogP contribution >= 0.6 is 22.9 Å². The molecular formula is C13H15ClN2OS. The predicted molar refractivity (Wildman–Crippen MR) is 76.6 cm³/mol. The Kier molecular flexibility index (Phi) is 4.22. The summed E-state index contributed by atoms with van der Waals surface area (Å²) in [6, 6.07) is 5.84. The van der Waals surface area contributed by atoms with Gasteiger partial charge in [-0.3, -0.25) is 0 Å². The highest BCUT2D eigenvalue weighted by Crippen LogP contribution is 2.34. The average molecular weight is 283 g/mol. The molecule has 96 valence electrons. The van der Waals surface area contributed by atoms with E-state index in [4.69, 9.17) is 16.3 Å². The number of nitrogens with zero attached hydrogens (tertiary/aromatic N) is 1. The standard InChI is InChI=1S/C13H15ClN2OS/c1-8(15-2)11-7-18-13(16-11)10-5-4-9(14)6-12(10)17-3/h4-8,15H,1-3H3. The normalized spacial score (nSPS) is 12.4. The van der Waals surface area contributed by atoms with Crippen LogP contribution in [0, 0.1) is 0 Å². The third-order valence-corrected chi connectivity index (χ3v) is 3.92. The second-order valence-electron chi connectivity index (χ2n) is 3.93. The van der Waals surface area contributed by atoms with E-state index in [0.717, 1.165) is 22.0 Å². The monoisotopic (exact) mass is 282 g/mol. The number of benzene rings is 1. The summed E-state index contributed by atoms with van der Waals surface area (Å²) in [7, 11) is 3.56. The first-order valence-corrected chi connectivity index (χ1v) is 6.88. The molecule has 2 aromatic rings. The molecule has 0 amide bonds. The smallest absolute Gasteiger partial charge is 0.130 e. The minimum atomic E-state index is 0.244. The highest BCUT2D eigenvalue weighted by molar-refractivity contribution is 7.13. The quantitative estimate of drug-likeness (QED) is 0.927. The van der Waals surface area contributed by atoms with Crippen molar-refractivity contribution in [2.75, 3.05) is 14.2 Å². The van der Waals surface area contributed by atoms with Gasteiger partial charge in [0.1, 0.15) is 10.8 Å². The van der Waals surface area contributed by atoms with E-state index in [2.05, 4.69) is 22.6 Å². The van der Waals surface area contributed by atoms with Crippen LogP contribution in [0.5, 0.6) is 5.75 Å². The van der Waals surface area contributed by atoms with Crippen molar-refractivity contribution in [3.63, 3.8) is 0 Å². The highest BCUT2D eigenvalue weighted by atomic mass is 35.5. The fourth-order valence-corrected chi connectivity index (χ4v) is 2.70. The van der Waals surface area contributed by atoms with Crippen LogP contribution in [0.1, 0.15) is 18.7 Å². The maximum absolute atomic E-state index is 5.95. The van der Waals surface area contributed by atoms with Crippen LogP contribution in [0.2, 0.25) is 5.02 Å². The number of aromatic nitrogens is 1. The van der Waals surface area contributed by atoms with Gasteiger partial charge in [-0.15, -0.1) is 11.3 Å². The molecule has 1 atom stereocenters. The van der Waals surface area contributed by atoms with Crippen LogP contribution in [0.25, 0.3) is 10.6 Å². The van der Waals surface area contributed by atoms with E-state index >= 15 is 0 Å². The molecular weight excluding hydrogens is 268 g/mol. The van der Waals surface area contributed by atoms with Gasteiger partial charge in [-0.2, -0.15) is 0 Å². The van der Waals surface area contributed by atoms with E-state index < -0.39 is 0 Å². The number of thiazole rings is 1. The van der Waals surface area contributed by atoms with Crippen molar-refractivity contribution < 1.29 is 4.74 Å². The maximum atomic E-state index is 5.95. The summed E-state index contributed by atoms with van der Waals surface area (Å²) >= 11 is 7.56. The predicted octanol–water partition coefficient (Wildman–Crippen LogP) is 3.75. The van der Waals surface area contributed by atoms with Crippen molar-refractivity contribution in [2.45, 2.75) is 13.0 Å². The molecule has 0 spiro atoms. The average Bonchev–Trinajstić information content (AvgIpc) is 2.87. The maximum Gasteiger partial charge on any atom is 0.130 e. The number of rotatable bonds is 4. The summed E-state index contributed by atoms with van der Waals surface area (Å²) in [4.78, 5) is 4.62. The lowest BCUT2D eigenvalue weighted by Gasteiger charge is -2.07. The number of hydrogen-bond donors (Lipinski definition) is 1. The zero-order valence-electron chi connectivity index (χ0n) is 10.5. The fraction of sp³-hybridized carbons (Fsp3) is 0.308. The van der Waals surface area contributed by atoms with Gasteiger partial charge in [0.05, 0.1) is 18.4 Å². The first-order valence-electron chi connectivity index (χ1n) is 5.62. The molecule has 0 aliphatic rings. The van der Waals surface area contributed by atoms with Crippen LogP contribution in [-0.2, 0) is 0 Å². The molecule has 0 aliphatic carbocycles. The van der Waals surface area contributed by atoms with Crippen LogP contribution in [-0.4, -0.2) is 19.1 Å². The summed E-state index contributed by atoms with van der Waals surface area (Å²) in [5.74, 6) is 0.750. The number of ether oxygens (including phenoxy) is 1. The van der Waals surface area contributed by atoms with Gasteiger partial charge in [0.2, 0.25) is 0 Å². The van der Waals surface area contributed by atoms with Gasteiger partial charge < -0.3 is 10.1 Å². The molecule has 18 heavy (non-hydrogen) atoms. The van der Waals surface area contributed by atoms with E-state index in [1.54, 1.807) is 24.5 Å². The molecule has 1 aromatic carbocycles. The van der Waals surface area contributed by atoms with Crippen LogP contribution < -0.4 is 10.1 Å². The first-order chi connectivity index (χ1) is 8.65. The lowest BCUT2D eigenvalue weighted by molar-refractivity contribution is 0.416. The van der Waals surface area contributed by atoms with Crippen molar-refractivity contribution in [2.24, 2.45) is 0 Å². The Morgan fingerprint density at radius 2 is 2.22 bits per heavy atom. The zero-order chi connectivity index (χ0) is 13.1. The Hall–Kier alpha value is -1.10. The van der Waals surface area contributed by atoms with Crippen molar-refractivity contribution in [3.05, 3.63) is 34.3 Å². The second-order valence-corrected chi connectivity index (χ2v) is 5.23. The minimum Gasteiger partial charge on any atom is -0.496 e. The molecule has 1 aromatic heterocycles. The van der Waals surface area contributed by atoms with Gasteiger partial charge in [-0.1, -0.05) is 11.6 Å². The summed E-state index contributed by atoms with van der Waals surface area (Å²) in [5, 5.41) is 6.84. The van der Waals surface area contributed by atoms with Crippen LogP contribution in [0.4, 0.5) is 0 Å². The molecule has 0 saturated carbocycles. The van der Waals surface area contributed by atoms with Gasteiger partial charge in [-0.25, -0.2) is 4.98 Å². The minimum absolute atomic E-state index is 0.244. The molecule has 1 N–H and O–H groups in total. The van der Waals surface area contributed by atoms with Gasteiger partial charge in [0.15, 0.2) is 0 Å². The molecule has 2 rings (SSSR count). The lowest BCUT2D eigenvalue weighted by atomic mass is 10.2. The third kappa shape index (κ3) is 2.66. The molecule has 0 radical (unpaired) electrons. The second kappa shape index (κ2) is 5.69. The van der Waals surface area contributed by atoms with E-state index in [1.165, 1.54) is 0 Å². The molecule has 1 heterocycles. The Balaban J connectivity index is 2.39. The van der Waals surface area contributed by atoms with Gasteiger partial charge >= 0.3 is 0 Å². The molecule has 0 saturated heterocycles. The van der Waals surface area contributed by atoms with Gasteiger partial charge in [0, 0.05) is 16.4 Å². The largest absolute Gasteiger partial charge is 0.496 e. The number of methoxy groups -OCH3 is 1. The molecule has 1 unspecified atom stereocenters. The zero-order valence-corrected chi connectivity index (χ0v) is 12.1. The van der Waals surface area contributed by atoms with Crippen LogP contribution in [0.3, 0.4) is 0 Å². The van der Waals surface area contributed by atoms with Gasteiger partial charge in [-0.05, 0) is 32.2 Å². The lowest BCUT2D eigenvalue weighted by Crippen LogP contribution is -2.12. The van der Waals surface area contributed by atoms with E-state index in [9.17, 15) is 0 Å². The van der Waals surface area contributed by atoms with Crippen molar-refractivity contribution in [1.82, 2.24) is 10.3 Å². The Morgan fingerprint density at radius 1 is 1.44 bits per heavy atom. The summed E-state index contributed by atoms with van der Waals surface area (Å²) < 4.78 is 5.34. The number of nitrogens with one attached hydrogen (secondary N) is 1. The SMILES string of the molecule is CNC(C)c1csc(-c2ccc(Cl)cc2OC)n1. The fourth-order valence-electron chi connectivity index (χ4n) is 1.60. The summed E-state index contributed by atoms with van der Waals surface area (Å²) in [6.45, 7) is 2.08. The van der Waals surface area contributed by atoms with Crippen molar-refractivity contribution >= 4 is 22.9 Å². The van der Waals surface area contributed by atoms with E-state index in [1.807, 2.05) is 19.2 Å². The number of hydrogen-bond acceptors (Lipinski definition) is 4. The number of halogens is 1. The van der Waals surface area contributed by atoms with Crippen molar-refractivity contribution in [3.8, 4) is 16.3 Å². The topological polar surface area (TPSA) is 34.1 Å². The molecule has 0 fully saturated rings. The summed E-state index contributed by atoms with van der Waals surface area (Å²) in [6.07, 6.45) is 0. The van der Waals surface area contributed by atoms with E-state index in [0.29, 0.717) is 5.02 Å². The molecule has 3 nitrogen and oxygen atoms in total. The molecule has 0 bridgehead atoms. The van der Waals surface area contributed by atoms with E-state index in [-0.39, 0.29) is 6.04 Å².